The molecule has 0 atom stereocenters. The average molecular weight is 287 g/mol. The van der Waals surface area contributed by atoms with E-state index in [2.05, 4.69) is 4.98 Å². The molecule has 4 heteroatoms. The Bertz CT molecular complexity index is 599. The van der Waals surface area contributed by atoms with Crippen LogP contribution in [-0.4, -0.2) is 23.1 Å². The fraction of sp³-hybridized carbons (Fsp3) is 0.250. The zero-order valence-electron chi connectivity index (χ0n) is 11.6. The summed E-state index contributed by atoms with van der Waals surface area (Å²) in [4.78, 5) is 17.3. The highest BCUT2D eigenvalue weighted by Gasteiger charge is 2.09. The number of carbonyl (C=O) groups is 1. The molecule has 0 N–H and O–H groups in total. The van der Waals surface area contributed by atoms with Gasteiger partial charge in [0.1, 0.15) is 5.75 Å². The maximum Gasteiger partial charge on any atom is 0.174 e. The molecule has 0 amide bonds. The number of hydrogen-bond donors (Lipinski definition) is 0. The van der Waals surface area contributed by atoms with Crippen molar-refractivity contribution in [2.75, 3.05) is 12.4 Å². The van der Waals surface area contributed by atoms with Gasteiger partial charge in [0, 0.05) is 16.7 Å². The molecule has 0 aliphatic rings. The van der Waals surface area contributed by atoms with Crippen LogP contribution in [0.15, 0.2) is 47.6 Å². The summed E-state index contributed by atoms with van der Waals surface area (Å²) in [5, 5.41) is 0. The fourth-order valence-electron chi connectivity index (χ4n) is 1.76. The van der Waals surface area contributed by atoms with Gasteiger partial charge < -0.3 is 4.74 Å². The monoisotopic (exact) mass is 287 g/mol. The Kier molecular flexibility index (Phi) is 5.18. The smallest absolute Gasteiger partial charge is 0.174 e. The van der Waals surface area contributed by atoms with E-state index in [1.807, 2.05) is 38.1 Å². The third-order valence-corrected chi connectivity index (χ3v) is 3.97. The van der Waals surface area contributed by atoms with Crippen LogP contribution in [0.1, 0.15) is 22.8 Å². The lowest BCUT2D eigenvalue weighted by molar-refractivity contribution is 0.102. The quantitative estimate of drug-likeness (QED) is 0.599. The lowest BCUT2D eigenvalue weighted by atomic mass is 10.2. The number of aromatic nitrogens is 1. The van der Waals surface area contributed by atoms with Gasteiger partial charge in [-0.15, -0.1) is 11.8 Å². The van der Waals surface area contributed by atoms with E-state index in [0.717, 1.165) is 4.90 Å². The van der Waals surface area contributed by atoms with Crippen LogP contribution >= 0.6 is 11.8 Å². The van der Waals surface area contributed by atoms with Gasteiger partial charge >= 0.3 is 0 Å². The summed E-state index contributed by atoms with van der Waals surface area (Å²) in [6, 6.07) is 9.80. The van der Waals surface area contributed by atoms with Gasteiger partial charge in [-0.2, -0.15) is 0 Å². The summed E-state index contributed by atoms with van der Waals surface area (Å²) < 4.78 is 5.36. The Labute approximate surface area is 123 Å². The van der Waals surface area contributed by atoms with E-state index in [1.165, 1.54) is 5.56 Å². The number of thioether (sulfide) groups is 1. The SMILES string of the molecule is CCOc1cncc(C(=O)CSc2ccccc2C)c1. The normalized spacial score (nSPS) is 10.3. The lowest BCUT2D eigenvalue weighted by Gasteiger charge is -2.06. The molecular weight excluding hydrogens is 270 g/mol. The van der Waals surface area contributed by atoms with E-state index >= 15 is 0 Å². The molecule has 1 aromatic heterocycles. The maximum atomic E-state index is 12.2. The first-order chi connectivity index (χ1) is 9.70. The number of ketones is 1. The molecule has 3 nitrogen and oxygen atoms in total. The highest BCUT2D eigenvalue weighted by atomic mass is 32.2. The zero-order valence-corrected chi connectivity index (χ0v) is 12.4. The zero-order chi connectivity index (χ0) is 14.4. The van der Waals surface area contributed by atoms with Crippen molar-refractivity contribution in [1.82, 2.24) is 4.98 Å². The Morgan fingerprint density at radius 2 is 2.10 bits per heavy atom. The van der Waals surface area contributed by atoms with Gasteiger partial charge in [-0.3, -0.25) is 9.78 Å². The number of carbonyl (C=O) groups excluding carboxylic acids is 1. The third kappa shape index (κ3) is 3.84. The number of hydrogen-bond acceptors (Lipinski definition) is 4. The van der Waals surface area contributed by atoms with Gasteiger partial charge in [-0.25, -0.2) is 0 Å². The molecule has 0 spiro atoms. The van der Waals surface area contributed by atoms with E-state index in [0.29, 0.717) is 23.7 Å². The Hall–Kier alpha value is -1.81. The first kappa shape index (κ1) is 14.6. The minimum absolute atomic E-state index is 0.0623. The molecule has 1 aromatic carbocycles. The number of nitrogens with zero attached hydrogens (tertiary/aromatic N) is 1. The molecular formula is C16H17NO2S. The van der Waals surface area contributed by atoms with Crippen molar-refractivity contribution in [2.45, 2.75) is 18.7 Å². The Morgan fingerprint density at radius 1 is 1.30 bits per heavy atom. The van der Waals surface area contributed by atoms with Gasteiger partial charge in [-0.05, 0) is 31.5 Å². The molecule has 1 heterocycles. The molecule has 0 radical (unpaired) electrons. The number of aryl methyl sites for hydroxylation is 1. The summed E-state index contributed by atoms with van der Waals surface area (Å²) >= 11 is 1.55. The highest BCUT2D eigenvalue weighted by molar-refractivity contribution is 8.00. The topological polar surface area (TPSA) is 39.2 Å². The summed E-state index contributed by atoms with van der Waals surface area (Å²) in [5.74, 6) is 1.11. The van der Waals surface area contributed by atoms with Gasteiger partial charge in [0.2, 0.25) is 0 Å². The molecule has 2 aromatic rings. The highest BCUT2D eigenvalue weighted by Crippen LogP contribution is 2.23. The van der Waals surface area contributed by atoms with Crippen LogP contribution in [0.25, 0.3) is 0 Å². The summed E-state index contributed by atoms with van der Waals surface area (Å²) in [6.07, 6.45) is 3.21. The van der Waals surface area contributed by atoms with E-state index < -0.39 is 0 Å². The van der Waals surface area contributed by atoms with Crippen LogP contribution in [0.4, 0.5) is 0 Å². The summed E-state index contributed by atoms with van der Waals surface area (Å²) in [7, 11) is 0. The second-order valence-electron chi connectivity index (χ2n) is 4.32. The molecule has 0 saturated heterocycles. The van der Waals surface area contributed by atoms with Crippen LogP contribution in [-0.2, 0) is 0 Å². The summed E-state index contributed by atoms with van der Waals surface area (Å²) in [6.45, 7) is 4.52. The van der Waals surface area contributed by atoms with Crippen molar-refractivity contribution in [1.29, 1.82) is 0 Å². The number of Topliss-reactive ketones (excluding diaryl/α,β-unsaturated/α-hetero) is 1. The number of rotatable bonds is 6. The Balaban J connectivity index is 2.01. The first-order valence-electron chi connectivity index (χ1n) is 6.50. The first-order valence-corrected chi connectivity index (χ1v) is 7.48. The van der Waals surface area contributed by atoms with Crippen molar-refractivity contribution in [2.24, 2.45) is 0 Å². The van der Waals surface area contributed by atoms with Crippen molar-refractivity contribution in [3.8, 4) is 5.75 Å². The molecule has 0 saturated carbocycles. The molecule has 2 rings (SSSR count). The molecule has 0 fully saturated rings. The van der Waals surface area contributed by atoms with Gasteiger partial charge in [0.25, 0.3) is 0 Å². The molecule has 20 heavy (non-hydrogen) atoms. The van der Waals surface area contributed by atoms with Gasteiger partial charge in [0.05, 0.1) is 18.6 Å². The van der Waals surface area contributed by atoms with Crippen LogP contribution in [0.2, 0.25) is 0 Å². The number of pyridine rings is 1. The van der Waals surface area contributed by atoms with Crippen LogP contribution in [0.5, 0.6) is 5.75 Å². The number of ether oxygens (including phenoxy) is 1. The molecule has 104 valence electrons. The van der Waals surface area contributed by atoms with Crippen LogP contribution < -0.4 is 4.74 Å². The van der Waals surface area contributed by atoms with E-state index in [4.69, 9.17) is 4.74 Å². The van der Waals surface area contributed by atoms with Crippen molar-refractivity contribution in [3.05, 3.63) is 53.9 Å². The van der Waals surface area contributed by atoms with E-state index in [-0.39, 0.29) is 5.78 Å². The fourth-order valence-corrected chi connectivity index (χ4v) is 2.69. The van der Waals surface area contributed by atoms with Crippen molar-refractivity contribution in [3.63, 3.8) is 0 Å². The molecule has 0 unspecified atom stereocenters. The Morgan fingerprint density at radius 3 is 2.85 bits per heavy atom. The van der Waals surface area contributed by atoms with E-state index in [9.17, 15) is 4.79 Å². The molecule has 0 bridgehead atoms. The second-order valence-corrected chi connectivity index (χ2v) is 5.34. The lowest BCUT2D eigenvalue weighted by Crippen LogP contribution is -2.04. The van der Waals surface area contributed by atoms with Crippen molar-refractivity contribution >= 4 is 17.5 Å². The van der Waals surface area contributed by atoms with Crippen molar-refractivity contribution < 1.29 is 9.53 Å². The standard InChI is InChI=1S/C16H17NO2S/c1-3-19-14-8-13(9-17-10-14)15(18)11-20-16-7-5-4-6-12(16)2/h4-10H,3,11H2,1-2H3. The molecule has 0 aliphatic carbocycles. The predicted octanol–water partition coefficient (Wildman–Crippen LogP) is 3.76. The van der Waals surface area contributed by atoms with Gasteiger partial charge in [-0.1, -0.05) is 18.2 Å². The van der Waals surface area contributed by atoms with Gasteiger partial charge in [0.15, 0.2) is 5.78 Å². The minimum atomic E-state index is 0.0623. The maximum absolute atomic E-state index is 12.2. The van der Waals surface area contributed by atoms with E-state index in [1.54, 1.807) is 30.2 Å². The molecule has 0 aliphatic heterocycles. The largest absolute Gasteiger partial charge is 0.492 e. The minimum Gasteiger partial charge on any atom is -0.492 e. The van der Waals surface area contributed by atoms with Crippen LogP contribution in [0.3, 0.4) is 0 Å². The average Bonchev–Trinajstić information content (AvgIpc) is 2.47. The number of benzene rings is 1. The third-order valence-electron chi connectivity index (χ3n) is 2.80. The second kappa shape index (κ2) is 7.10. The summed E-state index contributed by atoms with van der Waals surface area (Å²) in [5.41, 5.74) is 1.78. The van der Waals surface area contributed by atoms with Crippen LogP contribution in [0, 0.1) is 6.92 Å². The predicted molar refractivity (Wildman–Crippen MR) is 81.6 cm³/mol.